The summed E-state index contributed by atoms with van der Waals surface area (Å²) in [4.78, 5) is 21.0. The number of nitrogens with zero attached hydrogens (tertiary/aromatic N) is 4. The molecule has 7 heteroatoms. The lowest BCUT2D eigenvalue weighted by Crippen LogP contribution is -2.32. The lowest BCUT2D eigenvalue weighted by Gasteiger charge is -2.32. The van der Waals surface area contributed by atoms with E-state index in [1.54, 1.807) is 0 Å². The van der Waals surface area contributed by atoms with Crippen molar-refractivity contribution in [2.45, 2.75) is 32.9 Å². The van der Waals surface area contributed by atoms with Crippen LogP contribution in [-0.4, -0.2) is 26.0 Å². The molecule has 0 spiro atoms. The van der Waals surface area contributed by atoms with Crippen LogP contribution in [0.2, 0.25) is 0 Å². The molecule has 3 aromatic heterocycles. The Morgan fingerprint density at radius 3 is 3.18 bits per heavy atom. The first-order valence-electron chi connectivity index (χ1n) is 7.28. The van der Waals surface area contributed by atoms with Crippen LogP contribution >= 0.6 is 22.7 Å². The highest BCUT2D eigenvalue weighted by atomic mass is 32.1. The molecule has 0 aromatic carbocycles. The van der Waals surface area contributed by atoms with Crippen LogP contribution in [0.15, 0.2) is 22.3 Å². The van der Waals surface area contributed by atoms with Gasteiger partial charge < -0.3 is 0 Å². The third kappa shape index (κ3) is 2.29. The van der Waals surface area contributed by atoms with Crippen LogP contribution < -0.4 is 5.56 Å². The molecule has 5 nitrogen and oxygen atoms in total. The molecule has 0 bridgehead atoms. The van der Waals surface area contributed by atoms with E-state index >= 15 is 0 Å². The quantitative estimate of drug-likeness (QED) is 0.724. The summed E-state index contributed by atoms with van der Waals surface area (Å²) < 4.78 is 1.41. The molecule has 4 rings (SSSR count). The van der Waals surface area contributed by atoms with E-state index in [0.29, 0.717) is 11.0 Å². The molecule has 1 atom stereocenters. The van der Waals surface area contributed by atoms with Crippen molar-refractivity contribution in [2.24, 2.45) is 0 Å². The summed E-state index contributed by atoms with van der Waals surface area (Å²) in [5.41, 5.74) is 2.08. The molecule has 0 radical (unpaired) electrons. The van der Waals surface area contributed by atoms with Gasteiger partial charge in [0, 0.05) is 29.2 Å². The van der Waals surface area contributed by atoms with Gasteiger partial charge in [0.1, 0.15) is 5.01 Å². The maximum absolute atomic E-state index is 12.0. The molecule has 22 heavy (non-hydrogen) atoms. The Morgan fingerprint density at radius 1 is 1.45 bits per heavy atom. The van der Waals surface area contributed by atoms with Crippen LogP contribution in [-0.2, 0) is 13.0 Å². The number of aromatic nitrogens is 3. The average Bonchev–Trinajstić information content (AvgIpc) is 3.08. The second-order valence-electron chi connectivity index (χ2n) is 5.62. The molecule has 0 aliphatic carbocycles. The summed E-state index contributed by atoms with van der Waals surface area (Å²) in [6.45, 7) is 5.88. The second-order valence-corrected chi connectivity index (χ2v) is 7.66. The molecule has 0 amide bonds. The minimum atomic E-state index is -0.100. The fraction of sp³-hybridized carbons (Fsp3) is 0.400. The van der Waals surface area contributed by atoms with Crippen LogP contribution in [0.25, 0.3) is 4.96 Å². The minimum Gasteiger partial charge on any atom is -0.289 e. The van der Waals surface area contributed by atoms with Crippen LogP contribution in [0.1, 0.15) is 34.1 Å². The summed E-state index contributed by atoms with van der Waals surface area (Å²) in [5, 5.41) is 7.57. The average molecular weight is 332 g/mol. The minimum absolute atomic E-state index is 0.100. The molecule has 1 aliphatic heterocycles. The Kier molecular flexibility index (Phi) is 3.36. The highest BCUT2D eigenvalue weighted by molar-refractivity contribution is 7.16. The van der Waals surface area contributed by atoms with Gasteiger partial charge in [-0.1, -0.05) is 11.3 Å². The van der Waals surface area contributed by atoms with Crippen LogP contribution in [0.5, 0.6) is 0 Å². The van der Waals surface area contributed by atoms with Gasteiger partial charge in [0.15, 0.2) is 0 Å². The number of hydrogen-bond acceptors (Lipinski definition) is 6. The molecular weight excluding hydrogens is 316 g/mol. The van der Waals surface area contributed by atoms with Crippen molar-refractivity contribution < 1.29 is 0 Å². The van der Waals surface area contributed by atoms with E-state index < -0.39 is 0 Å². The van der Waals surface area contributed by atoms with E-state index in [0.717, 1.165) is 30.2 Å². The number of hydrogen-bond donors (Lipinski definition) is 0. The van der Waals surface area contributed by atoms with Gasteiger partial charge in [-0.2, -0.15) is 9.61 Å². The number of fused-ring (bicyclic) bond motifs is 2. The van der Waals surface area contributed by atoms with Crippen molar-refractivity contribution in [1.82, 2.24) is 19.5 Å². The van der Waals surface area contributed by atoms with Gasteiger partial charge in [-0.3, -0.25) is 9.69 Å². The summed E-state index contributed by atoms with van der Waals surface area (Å²) in [5.74, 6) is 0. The van der Waals surface area contributed by atoms with E-state index in [2.05, 4.69) is 33.4 Å². The molecule has 0 unspecified atom stereocenters. The van der Waals surface area contributed by atoms with Gasteiger partial charge in [-0.05, 0) is 37.3 Å². The Morgan fingerprint density at radius 2 is 2.32 bits per heavy atom. The highest BCUT2D eigenvalue weighted by Gasteiger charge is 2.25. The fourth-order valence-electron chi connectivity index (χ4n) is 2.98. The largest absolute Gasteiger partial charge is 0.289 e. The van der Waals surface area contributed by atoms with Crippen molar-refractivity contribution in [2.75, 3.05) is 6.54 Å². The first kappa shape index (κ1) is 14.0. The van der Waals surface area contributed by atoms with Crippen molar-refractivity contribution in [3.63, 3.8) is 0 Å². The Bertz CT molecular complexity index is 894. The Balaban J connectivity index is 1.64. The van der Waals surface area contributed by atoms with Gasteiger partial charge in [-0.15, -0.1) is 11.3 Å². The first-order chi connectivity index (χ1) is 10.6. The summed E-state index contributed by atoms with van der Waals surface area (Å²) >= 11 is 3.36. The Hall–Kier alpha value is -1.57. The Labute approximate surface area is 135 Å². The molecule has 0 N–H and O–H groups in total. The van der Waals surface area contributed by atoms with E-state index in [1.807, 2.05) is 18.3 Å². The van der Waals surface area contributed by atoms with E-state index in [9.17, 15) is 4.79 Å². The maximum Gasteiger partial charge on any atom is 0.275 e. The van der Waals surface area contributed by atoms with E-state index in [1.165, 1.54) is 32.4 Å². The fourth-order valence-corrected chi connectivity index (χ4v) is 4.91. The zero-order chi connectivity index (χ0) is 15.3. The molecule has 4 heterocycles. The molecule has 0 saturated carbocycles. The third-order valence-electron chi connectivity index (χ3n) is 4.16. The normalized spacial score (nSPS) is 18.7. The molecule has 114 valence electrons. The van der Waals surface area contributed by atoms with Crippen molar-refractivity contribution in [3.05, 3.63) is 49.0 Å². The monoisotopic (exact) mass is 332 g/mol. The first-order valence-corrected chi connectivity index (χ1v) is 8.98. The van der Waals surface area contributed by atoms with Crippen LogP contribution in [0.4, 0.5) is 0 Å². The molecule has 0 fully saturated rings. The van der Waals surface area contributed by atoms with E-state index in [4.69, 9.17) is 0 Å². The smallest absolute Gasteiger partial charge is 0.275 e. The van der Waals surface area contributed by atoms with Crippen LogP contribution in [0.3, 0.4) is 0 Å². The summed E-state index contributed by atoms with van der Waals surface area (Å²) in [6, 6.07) is 4.15. The molecule has 0 saturated heterocycles. The number of thiophene rings is 1. The van der Waals surface area contributed by atoms with Gasteiger partial charge in [0.25, 0.3) is 5.56 Å². The lowest BCUT2D eigenvalue weighted by molar-refractivity contribution is 0.190. The standard InChI is InChI=1S/C15H16N4OS2/c1-9-7-14(20)19-15(16-9)22-13(17-19)8-18-5-3-12-11(10(18)2)4-6-21-12/h4,6-7,10H,3,5,8H2,1-2H3/t10-/m0/s1. The zero-order valence-electron chi connectivity index (χ0n) is 12.4. The second kappa shape index (κ2) is 5.26. The molecular formula is C15H16N4OS2. The number of rotatable bonds is 2. The molecule has 1 aliphatic rings. The maximum atomic E-state index is 12.0. The predicted molar refractivity (Wildman–Crippen MR) is 88.7 cm³/mol. The predicted octanol–water partition coefficient (Wildman–Crippen LogP) is 2.64. The summed E-state index contributed by atoms with van der Waals surface area (Å²) in [6.07, 6.45) is 1.10. The van der Waals surface area contributed by atoms with Gasteiger partial charge in [-0.25, -0.2) is 4.98 Å². The summed E-state index contributed by atoms with van der Waals surface area (Å²) in [7, 11) is 0. The topological polar surface area (TPSA) is 50.5 Å². The van der Waals surface area contributed by atoms with Crippen molar-refractivity contribution in [3.8, 4) is 0 Å². The number of aryl methyl sites for hydroxylation is 1. The highest BCUT2D eigenvalue weighted by Crippen LogP contribution is 2.33. The third-order valence-corrected chi connectivity index (χ3v) is 6.05. The van der Waals surface area contributed by atoms with Crippen molar-refractivity contribution >= 4 is 27.6 Å². The van der Waals surface area contributed by atoms with Gasteiger partial charge in [0.2, 0.25) is 4.96 Å². The van der Waals surface area contributed by atoms with E-state index in [-0.39, 0.29) is 5.56 Å². The lowest BCUT2D eigenvalue weighted by atomic mass is 10.0. The zero-order valence-corrected chi connectivity index (χ0v) is 14.1. The van der Waals surface area contributed by atoms with Crippen molar-refractivity contribution in [1.29, 1.82) is 0 Å². The van der Waals surface area contributed by atoms with Gasteiger partial charge >= 0.3 is 0 Å². The van der Waals surface area contributed by atoms with Gasteiger partial charge in [0.05, 0.1) is 6.54 Å². The van der Waals surface area contributed by atoms with Crippen LogP contribution in [0, 0.1) is 6.92 Å². The SMILES string of the molecule is Cc1cc(=O)n2nc(CN3CCc4sccc4[C@@H]3C)sc2n1. The molecule has 3 aromatic rings.